The summed E-state index contributed by atoms with van der Waals surface area (Å²) in [6.07, 6.45) is 3.98. The Balaban J connectivity index is 1.82. The highest BCUT2D eigenvalue weighted by Gasteiger charge is 2.28. The zero-order valence-corrected chi connectivity index (χ0v) is 11.1. The van der Waals surface area contributed by atoms with Crippen LogP contribution in [0.3, 0.4) is 0 Å². The van der Waals surface area contributed by atoms with Crippen LogP contribution in [-0.2, 0) is 14.6 Å². The molecule has 1 fully saturated rings. The van der Waals surface area contributed by atoms with E-state index in [1.54, 1.807) is 30.1 Å². The highest BCUT2D eigenvalue weighted by Crippen LogP contribution is 2.17. The molecule has 0 bridgehead atoms. The van der Waals surface area contributed by atoms with Gasteiger partial charge in [0.15, 0.2) is 9.84 Å². The van der Waals surface area contributed by atoms with Crippen LogP contribution in [0.25, 0.3) is 0 Å². The van der Waals surface area contributed by atoms with Crippen LogP contribution in [0, 0.1) is 5.92 Å². The number of nitrogens with zero attached hydrogens (tertiary/aromatic N) is 2. The molecule has 18 heavy (non-hydrogen) atoms. The molecule has 1 N–H and O–H groups in total. The summed E-state index contributed by atoms with van der Waals surface area (Å²) in [7, 11) is -2.88. The minimum absolute atomic E-state index is 0.0452. The average molecular weight is 271 g/mol. The Morgan fingerprint density at radius 1 is 1.61 bits per heavy atom. The first kappa shape index (κ1) is 13.1. The fraction of sp³-hybridized carbons (Fsp3) is 0.636. The normalized spacial score (nSPS) is 23.7. The second-order valence-corrected chi connectivity index (χ2v) is 6.90. The molecule has 1 aromatic heterocycles. The zero-order chi connectivity index (χ0) is 13.2. The summed E-state index contributed by atoms with van der Waals surface area (Å²) in [5.41, 5.74) is 0. The number of hydrogen-bond donors (Lipinski definition) is 1. The summed E-state index contributed by atoms with van der Waals surface area (Å²) in [4.78, 5) is 11.8. The van der Waals surface area contributed by atoms with E-state index in [0.717, 1.165) is 0 Å². The third-order valence-electron chi connectivity index (χ3n) is 3.19. The molecule has 100 valence electrons. The van der Waals surface area contributed by atoms with Crippen LogP contribution in [-0.4, -0.2) is 42.2 Å². The van der Waals surface area contributed by atoms with Gasteiger partial charge in [0.25, 0.3) is 0 Å². The molecule has 1 aliphatic heterocycles. The van der Waals surface area contributed by atoms with E-state index in [1.807, 2.05) is 0 Å². The van der Waals surface area contributed by atoms with E-state index in [0.29, 0.717) is 13.0 Å². The number of carbonyl (C=O) groups is 1. The number of carbonyl (C=O) groups excluding carboxylic acids is 1. The minimum atomic E-state index is -2.88. The Kier molecular flexibility index (Phi) is 3.70. The zero-order valence-electron chi connectivity index (χ0n) is 10.2. The van der Waals surface area contributed by atoms with Gasteiger partial charge in [-0.1, -0.05) is 0 Å². The van der Waals surface area contributed by atoms with Crippen LogP contribution in [0.5, 0.6) is 0 Å². The van der Waals surface area contributed by atoms with E-state index in [-0.39, 0.29) is 29.4 Å². The van der Waals surface area contributed by atoms with Crippen molar-refractivity contribution in [1.82, 2.24) is 15.1 Å². The van der Waals surface area contributed by atoms with Crippen LogP contribution in [0.15, 0.2) is 18.5 Å². The highest BCUT2D eigenvalue weighted by molar-refractivity contribution is 7.91. The van der Waals surface area contributed by atoms with Crippen molar-refractivity contribution in [3.63, 3.8) is 0 Å². The molecular weight excluding hydrogens is 254 g/mol. The lowest BCUT2D eigenvalue weighted by molar-refractivity contribution is -0.124. The van der Waals surface area contributed by atoms with Gasteiger partial charge < -0.3 is 5.32 Å². The molecule has 2 rings (SSSR count). The van der Waals surface area contributed by atoms with Gasteiger partial charge in [-0.15, -0.1) is 0 Å². The van der Waals surface area contributed by atoms with Gasteiger partial charge in [-0.25, -0.2) is 8.42 Å². The highest BCUT2D eigenvalue weighted by atomic mass is 32.2. The third kappa shape index (κ3) is 3.10. The first-order chi connectivity index (χ1) is 8.48. The first-order valence-electron chi connectivity index (χ1n) is 5.95. The summed E-state index contributed by atoms with van der Waals surface area (Å²) in [6, 6.07) is 1.38. The molecule has 7 heteroatoms. The second kappa shape index (κ2) is 5.09. The summed E-state index contributed by atoms with van der Waals surface area (Å²) >= 11 is 0. The van der Waals surface area contributed by atoms with Crippen LogP contribution in [0.4, 0.5) is 0 Å². The fourth-order valence-electron chi connectivity index (χ4n) is 2.06. The van der Waals surface area contributed by atoms with Crippen molar-refractivity contribution in [3.8, 4) is 0 Å². The largest absolute Gasteiger partial charge is 0.354 e. The molecule has 2 atom stereocenters. The van der Waals surface area contributed by atoms with Crippen molar-refractivity contribution in [1.29, 1.82) is 0 Å². The average Bonchev–Trinajstić information content (AvgIpc) is 2.94. The standard InChI is InChI=1S/C11H17N3O3S/c1-9(14-5-2-4-13-14)11(15)12-7-10-3-6-18(16,17)8-10/h2,4-5,9-10H,3,6-8H2,1H3,(H,12,15)/t9-,10+/m1/s1. The number of aromatic nitrogens is 2. The van der Waals surface area contributed by atoms with Crippen LogP contribution in [0.1, 0.15) is 19.4 Å². The van der Waals surface area contributed by atoms with Gasteiger partial charge in [-0.05, 0) is 25.3 Å². The maximum absolute atomic E-state index is 11.8. The molecule has 1 aromatic rings. The molecule has 0 spiro atoms. The summed E-state index contributed by atoms with van der Waals surface area (Å²) < 4.78 is 24.1. The topological polar surface area (TPSA) is 81.1 Å². The Morgan fingerprint density at radius 3 is 2.94 bits per heavy atom. The van der Waals surface area contributed by atoms with Gasteiger partial charge in [0.1, 0.15) is 6.04 Å². The number of nitrogens with one attached hydrogen (secondary N) is 1. The predicted molar refractivity (Wildman–Crippen MR) is 66.7 cm³/mol. The van der Waals surface area contributed by atoms with Crippen LogP contribution < -0.4 is 5.32 Å². The van der Waals surface area contributed by atoms with E-state index in [4.69, 9.17) is 0 Å². The van der Waals surface area contributed by atoms with Gasteiger partial charge >= 0.3 is 0 Å². The first-order valence-corrected chi connectivity index (χ1v) is 7.77. The van der Waals surface area contributed by atoms with E-state index >= 15 is 0 Å². The number of amides is 1. The van der Waals surface area contributed by atoms with E-state index in [9.17, 15) is 13.2 Å². The van der Waals surface area contributed by atoms with Gasteiger partial charge in [0, 0.05) is 18.9 Å². The molecule has 0 unspecified atom stereocenters. The van der Waals surface area contributed by atoms with Crippen molar-refractivity contribution < 1.29 is 13.2 Å². The predicted octanol–water partition coefficient (Wildman–Crippen LogP) is -0.00500. The van der Waals surface area contributed by atoms with Gasteiger partial charge in [0.05, 0.1) is 11.5 Å². The van der Waals surface area contributed by atoms with Crippen LogP contribution >= 0.6 is 0 Å². The molecule has 0 aromatic carbocycles. The summed E-state index contributed by atoms with van der Waals surface area (Å²) in [5.74, 6) is 0.331. The molecule has 0 saturated carbocycles. The lowest BCUT2D eigenvalue weighted by Crippen LogP contribution is -2.35. The Hall–Kier alpha value is -1.37. The van der Waals surface area contributed by atoms with Crippen LogP contribution in [0.2, 0.25) is 0 Å². The SMILES string of the molecule is C[C@H](C(=O)NC[C@@H]1CCS(=O)(=O)C1)n1cccn1. The third-order valence-corrected chi connectivity index (χ3v) is 5.03. The number of sulfone groups is 1. The molecule has 0 aliphatic carbocycles. The summed E-state index contributed by atoms with van der Waals surface area (Å²) in [5, 5.41) is 6.79. The van der Waals surface area contributed by atoms with Crippen molar-refractivity contribution in [2.24, 2.45) is 5.92 Å². The Labute approximate surface area is 106 Å². The van der Waals surface area contributed by atoms with E-state index in [1.165, 1.54) is 0 Å². The summed E-state index contributed by atoms with van der Waals surface area (Å²) in [6.45, 7) is 2.18. The molecule has 1 aliphatic rings. The Morgan fingerprint density at radius 2 is 2.39 bits per heavy atom. The molecule has 1 saturated heterocycles. The van der Waals surface area contributed by atoms with Crippen molar-refractivity contribution in [2.45, 2.75) is 19.4 Å². The molecule has 1 amide bonds. The molecule has 6 nitrogen and oxygen atoms in total. The monoisotopic (exact) mass is 271 g/mol. The lowest BCUT2D eigenvalue weighted by atomic mass is 10.1. The smallest absolute Gasteiger partial charge is 0.244 e. The lowest BCUT2D eigenvalue weighted by Gasteiger charge is -2.14. The number of hydrogen-bond acceptors (Lipinski definition) is 4. The maximum atomic E-state index is 11.8. The molecular formula is C11H17N3O3S. The second-order valence-electron chi connectivity index (χ2n) is 4.68. The van der Waals surface area contributed by atoms with Gasteiger partial charge in [0.2, 0.25) is 5.91 Å². The van der Waals surface area contributed by atoms with Gasteiger partial charge in [-0.3, -0.25) is 9.48 Å². The van der Waals surface area contributed by atoms with E-state index in [2.05, 4.69) is 10.4 Å². The van der Waals surface area contributed by atoms with Crippen molar-refractivity contribution >= 4 is 15.7 Å². The van der Waals surface area contributed by atoms with E-state index < -0.39 is 9.84 Å². The maximum Gasteiger partial charge on any atom is 0.244 e. The molecule has 2 heterocycles. The minimum Gasteiger partial charge on any atom is -0.354 e. The Bertz CT molecular complexity index is 510. The van der Waals surface area contributed by atoms with Crippen molar-refractivity contribution in [3.05, 3.63) is 18.5 Å². The van der Waals surface area contributed by atoms with Crippen molar-refractivity contribution in [2.75, 3.05) is 18.1 Å². The fourth-order valence-corrected chi connectivity index (χ4v) is 3.92. The number of rotatable bonds is 4. The quantitative estimate of drug-likeness (QED) is 0.835. The van der Waals surface area contributed by atoms with Gasteiger partial charge in [-0.2, -0.15) is 5.10 Å². The molecule has 0 radical (unpaired) electrons.